The molecule has 178 valence electrons. The average Bonchev–Trinajstić information content (AvgIpc) is 3.45. The normalized spacial score (nSPS) is 20.4. The predicted octanol–water partition coefficient (Wildman–Crippen LogP) is 3.74. The minimum absolute atomic E-state index is 0.00587. The number of nitrogens with one attached hydrogen (secondary N) is 1. The van der Waals surface area contributed by atoms with Crippen molar-refractivity contribution in [2.45, 2.75) is 51.2 Å². The minimum Gasteiger partial charge on any atom is -0.492 e. The van der Waals surface area contributed by atoms with Gasteiger partial charge in [0.25, 0.3) is 0 Å². The van der Waals surface area contributed by atoms with Crippen LogP contribution in [0.4, 0.5) is 11.6 Å². The van der Waals surface area contributed by atoms with Gasteiger partial charge in [0.05, 0.1) is 17.9 Å². The van der Waals surface area contributed by atoms with Crippen LogP contribution >= 0.6 is 0 Å². The molecule has 0 bridgehead atoms. The molecule has 2 N–H and O–H groups in total. The molecule has 0 atom stereocenters. The Morgan fingerprint density at radius 2 is 2.06 bits per heavy atom. The number of aromatic nitrogens is 6. The number of hydrogen-bond donors (Lipinski definition) is 2. The molecule has 1 aromatic carbocycles. The van der Waals surface area contributed by atoms with Crippen molar-refractivity contribution in [2.24, 2.45) is 7.05 Å². The summed E-state index contributed by atoms with van der Waals surface area (Å²) < 4.78 is 15.8. The zero-order valence-electron chi connectivity index (χ0n) is 19.6. The highest BCUT2D eigenvalue weighted by atomic mass is 16.5. The van der Waals surface area contributed by atoms with Gasteiger partial charge in [-0.25, -0.2) is 4.52 Å². The van der Waals surface area contributed by atoms with Crippen molar-refractivity contribution in [3.63, 3.8) is 0 Å². The highest BCUT2D eigenvalue weighted by Gasteiger charge is 2.30. The van der Waals surface area contributed by atoms with Crippen molar-refractivity contribution < 1.29 is 14.6 Å². The number of fused-ring (bicyclic) bond motifs is 1. The molecular weight excluding hydrogens is 434 g/mol. The predicted molar refractivity (Wildman–Crippen MR) is 127 cm³/mol. The summed E-state index contributed by atoms with van der Waals surface area (Å²) in [6.07, 6.45) is 6.51. The van der Waals surface area contributed by atoms with Crippen molar-refractivity contribution >= 4 is 17.2 Å². The van der Waals surface area contributed by atoms with Crippen LogP contribution in [0, 0.1) is 0 Å². The molecule has 10 heteroatoms. The fourth-order valence-electron chi connectivity index (χ4n) is 4.24. The minimum atomic E-state index is -0.616. The lowest BCUT2D eigenvalue weighted by molar-refractivity contribution is -0.0115. The first-order chi connectivity index (χ1) is 16.4. The van der Waals surface area contributed by atoms with E-state index in [-0.39, 0.29) is 6.10 Å². The summed E-state index contributed by atoms with van der Waals surface area (Å²) >= 11 is 0. The Bertz CT molecular complexity index is 1290. The molecule has 5 rings (SSSR count). The molecule has 1 saturated carbocycles. The van der Waals surface area contributed by atoms with Crippen LogP contribution in [0.25, 0.3) is 16.9 Å². The Balaban J connectivity index is 1.43. The van der Waals surface area contributed by atoms with Crippen LogP contribution in [0.15, 0.2) is 42.9 Å². The molecule has 34 heavy (non-hydrogen) atoms. The number of aliphatic hydroxyl groups is 1. The first kappa shape index (κ1) is 22.1. The number of anilines is 2. The number of hydrogen-bond acceptors (Lipinski definition) is 8. The van der Waals surface area contributed by atoms with Gasteiger partial charge in [-0.2, -0.15) is 4.98 Å². The summed E-state index contributed by atoms with van der Waals surface area (Å²) in [6.45, 7) is 4.33. The van der Waals surface area contributed by atoms with Crippen LogP contribution in [0.1, 0.15) is 39.5 Å². The summed E-state index contributed by atoms with van der Waals surface area (Å²) in [4.78, 5) is 4.68. The monoisotopic (exact) mass is 463 g/mol. The van der Waals surface area contributed by atoms with E-state index in [0.717, 1.165) is 35.4 Å². The van der Waals surface area contributed by atoms with E-state index in [2.05, 4.69) is 25.6 Å². The summed E-state index contributed by atoms with van der Waals surface area (Å²) in [6, 6.07) is 9.64. The first-order valence-electron chi connectivity index (χ1n) is 11.5. The number of nitrogens with zero attached hydrogens (tertiary/aromatic N) is 6. The van der Waals surface area contributed by atoms with Crippen LogP contribution in [-0.2, 0) is 7.05 Å². The van der Waals surface area contributed by atoms with Gasteiger partial charge >= 0.3 is 0 Å². The fraction of sp³-hybridized carbons (Fsp3) is 0.417. The fourth-order valence-corrected chi connectivity index (χ4v) is 4.24. The van der Waals surface area contributed by atoms with Crippen molar-refractivity contribution in [2.75, 3.05) is 11.9 Å². The van der Waals surface area contributed by atoms with Crippen molar-refractivity contribution in [3.8, 4) is 23.0 Å². The maximum absolute atomic E-state index is 10.3. The van der Waals surface area contributed by atoms with Crippen molar-refractivity contribution in [1.29, 1.82) is 0 Å². The SMILES string of the molecule is CCOc1cc(-c2nncn2C)ccc1Nc1nc(OC2CCC(C)(O)CC2)c2cccn2n1. The Kier molecular flexibility index (Phi) is 5.82. The van der Waals surface area contributed by atoms with E-state index in [1.165, 1.54) is 0 Å². The van der Waals surface area contributed by atoms with Crippen LogP contribution in [0.5, 0.6) is 11.6 Å². The summed E-state index contributed by atoms with van der Waals surface area (Å²) in [5.41, 5.74) is 1.81. The van der Waals surface area contributed by atoms with Crippen molar-refractivity contribution in [1.82, 2.24) is 29.4 Å². The second kappa shape index (κ2) is 8.94. The standard InChI is InChI=1S/C24H29N7O3/c1-4-33-20-14-16(21-28-25-15-30(21)3)7-8-18(20)26-23-27-22(19-6-5-13-31(19)29-23)34-17-9-11-24(2,32)12-10-17/h5-8,13-15,17,32H,4,9-12H2,1-3H3,(H,26,29). The second-order valence-corrected chi connectivity index (χ2v) is 8.93. The molecule has 1 fully saturated rings. The zero-order valence-corrected chi connectivity index (χ0v) is 19.6. The van der Waals surface area contributed by atoms with Gasteiger partial charge in [-0.3, -0.25) is 0 Å². The zero-order chi connectivity index (χ0) is 23.7. The van der Waals surface area contributed by atoms with E-state index in [4.69, 9.17) is 9.47 Å². The average molecular weight is 464 g/mol. The van der Waals surface area contributed by atoms with Gasteiger partial charge < -0.3 is 24.5 Å². The lowest BCUT2D eigenvalue weighted by Gasteiger charge is -2.32. The molecule has 1 aliphatic rings. The third-order valence-electron chi connectivity index (χ3n) is 6.14. The summed E-state index contributed by atoms with van der Waals surface area (Å²) in [7, 11) is 1.90. The van der Waals surface area contributed by atoms with E-state index < -0.39 is 5.60 Å². The quantitative estimate of drug-likeness (QED) is 0.426. The van der Waals surface area contributed by atoms with Gasteiger partial charge in [0.2, 0.25) is 11.8 Å². The number of ether oxygens (including phenoxy) is 2. The Hall–Kier alpha value is -3.66. The largest absolute Gasteiger partial charge is 0.492 e. The topological polar surface area (TPSA) is 112 Å². The molecule has 3 heterocycles. The molecule has 1 aliphatic carbocycles. The second-order valence-electron chi connectivity index (χ2n) is 8.93. The van der Waals surface area contributed by atoms with E-state index in [1.807, 2.05) is 62.0 Å². The maximum atomic E-state index is 10.3. The van der Waals surface area contributed by atoms with Gasteiger partial charge in [0.15, 0.2) is 5.82 Å². The van der Waals surface area contributed by atoms with Gasteiger partial charge in [-0.1, -0.05) is 0 Å². The number of aryl methyl sites for hydroxylation is 1. The number of benzene rings is 1. The van der Waals surface area contributed by atoms with Crippen LogP contribution in [0.2, 0.25) is 0 Å². The molecule has 10 nitrogen and oxygen atoms in total. The lowest BCUT2D eigenvalue weighted by Crippen LogP contribution is -2.35. The Labute approximate surface area is 197 Å². The van der Waals surface area contributed by atoms with Gasteiger partial charge in [-0.15, -0.1) is 15.3 Å². The lowest BCUT2D eigenvalue weighted by atomic mass is 9.85. The molecule has 0 saturated heterocycles. The van der Waals surface area contributed by atoms with Crippen molar-refractivity contribution in [3.05, 3.63) is 42.9 Å². The third-order valence-corrected chi connectivity index (χ3v) is 6.14. The molecule has 3 aromatic heterocycles. The van der Waals surface area contributed by atoms with Gasteiger partial charge in [0, 0.05) is 18.8 Å². The van der Waals surface area contributed by atoms with E-state index in [1.54, 1.807) is 10.8 Å². The van der Waals surface area contributed by atoms with Crippen LogP contribution in [-0.4, -0.2) is 52.8 Å². The molecule has 4 aromatic rings. The Morgan fingerprint density at radius 1 is 1.24 bits per heavy atom. The summed E-state index contributed by atoms with van der Waals surface area (Å²) in [5, 5.41) is 26.3. The maximum Gasteiger partial charge on any atom is 0.248 e. The molecule has 0 amide bonds. The van der Waals surface area contributed by atoms with Gasteiger partial charge in [0.1, 0.15) is 23.7 Å². The molecule has 0 aliphatic heterocycles. The molecule has 0 radical (unpaired) electrons. The Morgan fingerprint density at radius 3 is 2.79 bits per heavy atom. The molecule has 0 unspecified atom stereocenters. The van der Waals surface area contributed by atoms with E-state index >= 15 is 0 Å². The van der Waals surface area contributed by atoms with E-state index in [9.17, 15) is 5.11 Å². The highest BCUT2D eigenvalue weighted by Crippen LogP contribution is 2.34. The summed E-state index contributed by atoms with van der Waals surface area (Å²) in [5.74, 6) is 2.33. The highest BCUT2D eigenvalue weighted by molar-refractivity contribution is 5.70. The third kappa shape index (κ3) is 4.54. The molecular formula is C24H29N7O3. The van der Waals surface area contributed by atoms with E-state index in [0.29, 0.717) is 37.0 Å². The van der Waals surface area contributed by atoms with Crippen LogP contribution in [0.3, 0.4) is 0 Å². The smallest absolute Gasteiger partial charge is 0.248 e. The van der Waals surface area contributed by atoms with Crippen LogP contribution < -0.4 is 14.8 Å². The molecule has 0 spiro atoms. The number of rotatable bonds is 7. The van der Waals surface area contributed by atoms with Gasteiger partial charge in [-0.05, 0) is 69.9 Å². The first-order valence-corrected chi connectivity index (χ1v) is 11.5.